The molecule has 344 valence electrons. The first-order valence-electron chi connectivity index (χ1n) is 20.0. The maximum atomic E-state index is 16.1. The number of amides is 1. The van der Waals surface area contributed by atoms with Crippen LogP contribution in [-0.4, -0.2) is 117 Å². The maximum absolute atomic E-state index is 16.1. The van der Waals surface area contributed by atoms with Crippen molar-refractivity contribution < 1.29 is 65.8 Å². The summed E-state index contributed by atoms with van der Waals surface area (Å²) in [6.07, 6.45) is 0.284. The van der Waals surface area contributed by atoms with Gasteiger partial charge in [-0.25, -0.2) is 13.6 Å². The van der Waals surface area contributed by atoms with E-state index in [1.165, 1.54) is 55.6 Å². The number of carbonyl (C=O) groups is 3. The van der Waals surface area contributed by atoms with Gasteiger partial charge in [0.05, 0.1) is 95.0 Å². The van der Waals surface area contributed by atoms with Crippen molar-refractivity contribution in [3.8, 4) is 11.8 Å². The Morgan fingerprint density at radius 3 is 2.08 bits per heavy atom. The maximum Gasteiger partial charge on any atom is 0.340 e. The minimum absolute atomic E-state index is 0.0577. The molecule has 19 heteroatoms. The molecule has 1 aliphatic heterocycles. The van der Waals surface area contributed by atoms with Crippen LogP contribution in [0.15, 0.2) is 54.6 Å². The Labute approximate surface area is 375 Å². The zero-order chi connectivity index (χ0) is 45.8. The van der Waals surface area contributed by atoms with Crippen LogP contribution < -0.4 is 15.4 Å². The number of hydrogen-bond acceptors (Lipinski definition) is 14. The first-order valence-corrected chi connectivity index (χ1v) is 20.8. The highest BCUT2D eigenvalue weighted by Gasteiger charge is 2.61. The third-order valence-electron chi connectivity index (χ3n) is 9.77. The monoisotopic (exact) mass is 923 g/mol. The summed E-state index contributed by atoms with van der Waals surface area (Å²) in [5.41, 5.74) is -2.15. The van der Waals surface area contributed by atoms with Gasteiger partial charge in [0.25, 0.3) is 6.47 Å². The highest BCUT2D eigenvalue weighted by molar-refractivity contribution is 6.31. The van der Waals surface area contributed by atoms with Crippen molar-refractivity contribution in [2.24, 2.45) is 5.41 Å². The number of nitriles is 1. The van der Waals surface area contributed by atoms with Gasteiger partial charge in [-0.2, -0.15) is 5.26 Å². The molecule has 15 nitrogen and oxygen atoms in total. The molecule has 1 amide bonds. The summed E-state index contributed by atoms with van der Waals surface area (Å²) in [7, 11) is 1.34. The normalized spacial score (nSPS) is 18.4. The zero-order valence-electron chi connectivity index (χ0n) is 35.6. The summed E-state index contributed by atoms with van der Waals surface area (Å²) in [4.78, 5) is 37.3. The number of nitrogens with zero attached hydrogens (tertiary/aromatic N) is 1. The number of carbonyl (C=O) groups excluding carboxylic acids is 3. The number of hydrogen-bond donors (Lipinski definition) is 2. The van der Waals surface area contributed by atoms with E-state index >= 15 is 8.78 Å². The van der Waals surface area contributed by atoms with Crippen molar-refractivity contribution in [1.29, 1.82) is 5.26 Å². The summed E-state index contributed by atoms with van der Waals surface area (Å²) >= 11 is 12.4. The SMILES string of the molecule is COc1cc(C(=O)OCOCOCCOCCOCCOCCOCCOC=O)ccc1NC(=O)[C@@H]1N[C@@H](CC(C)(C)C)[C@](C#N)(c2ccc(Cl)cc2F)[C@H]1c1cccc(Cl)c1F. The van der Waals surface area contributed by atoms with Crippen molar-refractivity contribution in [1.82, 2.24) is 5.32 Å². The fraction of sp³-hybridized carbons (Fsp3) is 0.500. The molecule has 0 saturated carbocycles. The topological polar surface area (TPSA) is 182 Å². The molecule has 1 fully saturated rings. The fourth-order valence-electron chi connectivity index (χ4n) is 7.05. The average molecular weight is 925 g/mol. The molecule has 0 aromatic heterocycles. The molecule has 1 aliphatic rings. The van der Waals surface area contributed by atoms with E-state index in [1.54, 1.807) is 0 Å². The predicted molar refractivity (Wildman–Crippen MR) is 227 cm³/mol. The minimum Gasteiger partial charge on any atom is -0.495 e. The zero-order valence-corrected chi connectivity index (χ0v) is 37.1. The van der Waals surface area contributed by atoms with Gasteiger partial charge >= 0.3 is 5.97 Å². The fourth-order valence-corrected chi connectivity index (χ4v) is 7.39. The predicted octanol–water partition coefficient (Wildman–Crippen LogP) is 6.59. The molecule has 3 aromatic carbocycles. The lowest BCUT2D eigenvalue weighted by molar-refractivity contribution is -0.130. The van der Waals surface area contributed by atoms with Crippen LogP contribution in [0.2, 0.25) is 10.0 Å². The molecular weight excluding hydrogens is 871 g/mol. The van der Waals surface area contributed by atoms with Crippen LogP contribution in [0.25, 0.3) is 0 Å². The number of rotatable bonds is 27. The van der Waals surface area contributed by atoms with E-state index in [9.17, 15) is 19.6 Å². The van der Waals surface area contributed by atoms with E-state index in [1.807, 2.05) is 20.8 Å². The molecule has 0 radical (unpaired) electrons. The van der Waals surface area contributed by atoms with Gasteiger partial charge in [0.15, 0.2) is 13.6 Å². The molecule has 1 saturated heterocycles. The number of benzene rings is 3. The Balaban J connectivity index is 1.30. The van der Waals surface area contributed by atoms with Gasteiger partial charge in [0.1, 0.15) is 29.4 Å². The Morgan fingerprint density at radius 1 is 0.857 bits per heavy atom. The van der Waals surface area contributed by atoms with E-state index in [0.717, 1.165) is 6.07 Å². The van der Waals surface area contributed by atoms with Crippen molar-refractivity contribution in [3.63, 3.8) is 0 Å². The van der Waals surface area contributed by atoms with Gasteiger partial charge in [-0.15, -0.1) is 0 Å². The number of anilines is 1. The first kappa shape index (κ1) is 51.2. The van der Waals surface area contributed by atoms with Crippen LogP contribution in [0.4, 0.5) is 14.5 Å². The summed E-state index contributed by atoms with van der Waals surface area (Å²) in [6.45, 7) is 8.87. The van der Waals surface area contributed by atoms with Crippen LogP contribution >= 0.6 is 23.2 Å². The average Bonchev–Trinajstić information content (AvgIpc) is 3.56. The minimum atomic E-state index is -1.82. The van der Waals surface area contributed by atoms with E-state index in [2.05, 4.69) is 21.4 Å². The number of nitrogens with one attached hydrogen (secondary N) is 2. The molecule has 0 unspecified atom stereocenters. The molecule has 3 aromatic rings. The number of ether oxygens (including phenoxy) is 9. The Morgan fingerprint density at radius 2 is 1.49 bits per heavy atom. The highest BCUT2D eigenvalue weighted by atomic mass is 35.5. The van der Waals surface area contributed by atoms with Crippen LogP contribution in [0.5, 0.6) is 5.75 Å². The Bertz CT molecular complexity index is 2000. The largest absolute Gasteiger partial charge is 0.495 e. The third-order valence-corrected chi connectivity index (χ3v) is 10.3. The van der Waals surface area contributed by atoms with E-state index in [4.69, 9.17) is 61.1 Å². The summed E-state index contributed by atoms with van der Waals surface area (Å²) in [5, 5.41) is 17.0. The molecule has 4 rings (SSSR count). The highest BCUT2D eigenvalue weighted by Crippen LogP contribution is 2.53. The van der Waals surface area contributed by atoms with Crippen molar-refractivity contribution in [3.05, 3.63) is 93.0 Å². The molecule has 1 heterocycles. The number of halogens is 4. The Hall–Kier alpha value is -4.48. The number of methoxy groups -OCH3 is 1. The van der Waals surface area contributed by atoms with Gasteiger partial charge in [-0.3, -0.25) is 9.59 Å². The molecule has 2 N–H and O–H groups in total. The van der Waals surface area contributed by atoms with Gasteiger partial charge in [0, 0.05) is 22.5 Å². The first-order chi connectivity index (χ1) is 30.3. The van der Waals surface area contributed by atoms with Gasteiger partial charge in [-0.05, 0) is 53.8 Å². The van der Waals surface area contributed by atoms with E-state index in [0.29, 0.717) is 52.7 Å². The summed E-state index contributed by atoms with van der Waals surface area (Å²) < 4.78 is 79.2. The third kappa shape index (κ3) is 14.8. The van der Waals surface area contributed by atoms with Crippen LogP contribution in [0.1, 0.15) is 54.6 Å². The second kappa shape index (κ2) is 25.7. The van der Waals surface area contributed by atoms with Gasteiger partial charge in [0.2, 0.25) is 5.91 Å². The standard InChI is InChI=1S/C44H53Cl2F2N3O12/c1-43(2,3)24-37-44(25-49,32-10-9-30(45)23-34(32)47)38(31-6-5-7-33(46)39(31)48)40(51-37)41(53)50-35-11-8-29(22-36(35)55-4)42(54)63-28-62-27-61-21-19-59-17-15-57-13-12-56-14-16-58-18-20-60-26-52/h5-11,22-23,26,37-38,40,51H,12-21,24,27-28H2,1-4H3,(H,50,53)/t37-,38-,40+,44-/m0/s1. The summed E-state index contributed by atoms with van der Waals surface area (Å²) in [5.74, 6) is -4.28. The number of esters is 1. The van der Waals surface area contributed by atoms with Crippen molar-refractivity contribution in [2.45, 2.75) is 50.6 Å². The Kier molecular flexibility index (Phi) is 20.9. The molecule has 0 spiro atoms. The van der Waals surface area contributed by atoms with Crippen LogP contribution in [0.3, 0.4) is 0 Å². The van der Waals surface area contributed by atoms with E-state index in [-0.39, 0.29) is 71.2 Å². The lowest BCUT2D eigenvalue weighted by atomic mass is 9.62. The van der Waals surface area contributed by atoms with Crippen LogP contribution in [-0.2, 0) is 52.9 Å². The molecule has 0 bridgehead atoms. The molecule has 63 heavy (non-hydrogen) atoms. The van der Waals surface area contributed by atoms with Crippen molar-refractivity contribution in [2.75, 3.05) is 92.1 Å². The van der Waals surface area contributed by atoms with Crippen molar-refractivity contribution >= 4 is 47.2 Å². The molecule has 0 aliphatic carbocycles. The van der Waals surface area contributed by atoms with Gasteiger partial charge < -0.3 is 53.3 Å². The van der Waals surface area contributed by atoms with E-state index < -0.39 is 59.1 Å². The van der Waals surface area contributed by atoms with Crippen LogP contribution in [0, 0.1) is 28.4 Å². The molecular formula is C44H53Cl2F2N3O12. The second-order valence-corrected chi connectivity index (χ2v) is 16.1. The quantitative estimate of drug-likeness (QED) is 0.0362. The molecule has 4 atom stereocenters. The summed E-state index contributed by atoms with van der Waals surface area (Å²) in [6, 6.07) is 12.5. The smallest absolute Gasteiger partial charge is 0.340 e. The lowest BCUT2D eigenvalue weighted by Crippen LogP contribution is -2.45. The lowest BCUT2D eigenvalue weighted by Gasteiger charge is -2.37. The second-order valence-electron chi connectivity index (χ2n) is 15.3. The van der Waals surface area contributed by atoms with Gasteiger partial charge in [-0.1, -0.05) is 62.2 Å².